The number of esters is 1. The minimum atomic E-state index is -0.553. The Kier molecular flexibility index (Phi) is 8.63. The SMILES string of the molecule is CC(C)c1ccc(NC(=O)COC(=O)CCNC(=O)/C=C/c2ccccc2)cc1. The third kappa shape index (κ3) is 8.43. The van der Waals surface area contributed by atoms with Gasteiger partial charge in [0.15, 0.2) is 6.61 Å². The van der Waals surface area contributed by atoms with E-state index < -0.39 is 11.9 Å². The monoisotopic (exact) mass is 394 g/mol. The quantitative estimate of drug-likeness (QED) is 0.503. The standard InChI is InChI=1S/C23H26N2O4/c1-17(2)19-9-11-20(12-10-19)25-22(27)16-29-23(28)14-15-24-21(26)13-8-18-6-4-3-5-7-18/h3-13,17H,14-16H2,1-2H3,(H,24,26)(H,25,27)/b13-8+. The van der Waals surface area contributed by atoms with Gasteiger partial charge in [0.1, 0.15) is 0 Å². The molecule has 0 saturated carbocycles. The van der Waals surface area contributed by atoms with Crippen LogP contribution in [0.1, 0.15) is 37.3 Å². The van der Waals surface area contributed by atoms with Crippen molar-refractivity contribution in [1.82, 2.24) is 5.32 Å². The molecule has 0 heterocycles. The van der Waals surface area contributed by atoms with Gasteiger partial charge in [0, 0.05) is 18.3 Å². The topological polar surface area (TPSA) is 84.5 Å². The summed E-state index contributed by atoms with van der Waals surface area (Å²) in [5.74, 6) is -0.854. The predicted octanol–water partition coefficient (Wildman–Crippen LogP) is 3.51. The summed E-state index contributed by atoms with van der Waals surface area (Å²) in [5, 5.41) is 5.27. The number of benzene rings is 2. The lowest BCUT2D eigenvalue weighted by Crippen LogP contribution is -2.26. The first kappa shape index (κ1) is 21.9. The van der Waals surface area contributed by atoms with Crippen LogP contribution >= 0.6 is 0 Å². The van der Waals surface area contributed by atoms with Gasteiger partial charge < -0.3 is 15.4 Å². The fourth-order valence-electron chi connectivity index (χ4n) is 2.45. The molecule has 2 aromatic carbocycles. The minimum absolute atomic E-state index is 0.0126. The summed E-state index contributed by atoms with van der Waals surface area (Å²) >= 11 is 0. The molecule has 0 radical (unpaired) electrons. The maximum absolute atomic E-state index is 11.9. The highest BCUT2D eigenvalue weighted by Gasteiger charge is 2.09. The smallest absolute Gasteiger partial charge is 0.308 e. The molecule has 2 rings (SSSR count). The van der Waals surface area contributed by atoms with Crippen molar-refractivity contribution in [2.45, 2.75) is 26.2 Å². The number of rotatable bonds is 9. The van der Waals surface area contributed by atoms with E-state index in [0.29, 0.717) is 11.6 Å². The lowest BCUT2D eigenvalue weighted by Gasteiger charge is -2.09. The first-order valence-electron chi connectivity index (χ1n) is 9.50. The van der Waals surface area contributed by atoms with Crippen LogP contribution in [0.25, 0.3) is 6.08 Å². The molecule has 0 aliphatic carbocycles. The fourth-order valence-corrected chi connectivity index (χ4v) is 2.45. The van der Waals surface area contributed by atoms with Gasteiger partial charge in [-0.3, -0.25) is 14.4 Å². The molecule has 0 atom stereocenters. The second kappa shape index (κ2) is 11.4. The third-order valence-electron chi connectivity index (χ3n) is 4.08. The van der Waals surface area contributed by atoms with E-state index in [1.165, 1.54) is 11.6 Å². The van der Waals surface area contributed by atoms with Crippen molar-refractivity contribution >= 4 is 29.5 Å². The van der Waals surface area contributed by atoms with Crippen LogP contribution in [0.15, 0.2) is 60.7 Å². The van der Waals surface area contributed by atoms with E-state index in [9.17, 15) is 14.4 Å². The Bertz CT molecular complexity index is 843. The summed E-state index contributed by atoms with van der Waals surface area (Å²) in [7, 11) is 0. The van der Waals surface area contributed by atoms with Crippen LogP contribution in [0.4, 0.5) is 5.69 Å². The molecule has 0 bridgehead atoms. The molecule has 0 aromatic heterocycles. The average Bonchev–Trinajstić information content (AvgIpc) is 2.72. The number of carbonyl (C=O) groups excluding carboxylic acids is 3. The van der Waals surface area contributed by atoms with Crippen LogP contribution in [-0.2, 0) is 19.1 Å². The molecule has 6 heteroatoms. The maximum Gasteiger partial charge on any atom is 0.308 e. The minimum Gasteiger partial charge on any atom is -0.456 e. The largest absolute Gasteiger partial charge is 0.456 e. The Morgan fingerprint density at radius 2 is 1.69 bits per heavy atom. The van der Waals surface area contributed by atoms with E-state index in [1.54, 1.807) is 6.08 Å². The molecule has 2 aromatic rings. The third-order valence-corrected chi connectivity index (χ3v) is 4.08. The lowest BCUT2D eigenvalue weighted by atomic mass is 10.0. The van der Waals surface area contributed by atoms with Crippen molar-refractivity contribution < 1.29 is 19.1 Å². The Labute approximate surface area is 171 Å². The van der Waals surface area contributed by atoms with Gasteiger partial charge in [0.25, 0.3) is 5.91 Å². The summed E-state index contributed by atoms with van der Waals surface area (Å²) < 4.78 is 4.93. The zero-order valence-electron chi connectivity index (χ0n) is 16.7. The van der Waals surface area contributed by atoms with Crippen molar-refractivity contribution in [1.29, 1.82) is 0 Å². The van der Waals surface area contributed by atoms with Gasteiger partial charge in [-0.05, 0) is 35.3 Å². The van der Waals surface area contributed by atoms with E-state index in [2.05, 4.69) is 24.5 Å². The highest BCUT2D eigenvalue weighted by Crippen LogP contribution is 2.17. The highest BCUT2D eigenvalue weighted by molar-refractivity contribution is 5.93. The molecule has 0 unspecified atom stereocenters. The van der Waals surface area contributed by atoms with Crippen molar-refractivity contribution in [3.63, 3.8) is 0 Å². The summed E-state index contributed by atoms with van der Waals surface area (Å²) in [4.78, 5) is 35.3. The van der Waals surface area contributed by atoms with E-state index in [-0.39, 0.29) is 25.5 Å². The molecular formula is C23H26N2O4. The van der Waals surface area contributed by atoms with E-state index in [4.69, 9.17) is 4.74 Å². The van der Waals surface area contributed by atoms with Crippen LogP contribution in [0.2, 0.25) is 0 Å². The van der Waals surface area contributed by atoms with Gasteiger partial charge in [-0.25, -0.2) is 0 Å². The van der Waals surface area contributed by atoms with E-state index >= 15 is 0 Å². The molecule has 0 fully saturated rings. The molecule has 0 saturated heterocycles. The van der Waals surface area contributed by atoms with Gasteiger partial charge in [-0.2, -0.15) is 0 Å². The Morgan fingerprint density at radius 3 is 2.34 bits per heavy atom. The first-order chi connectivity index (χ1) is 13.9. The highest BCUT2D eigenvalue weighted by atomic mass is 16.5. The van der Waals surface area contributed by atoms with Crippen LogP contribution in [0, 0.1) is 0 Å². The van der Waals surface area contributed by atoms with Gasteiger partial charge in [0.2, 0.25) is 5.91 Å². The maximum atomic E-state index is 11.9. The van der Waals surface area contributed by atoms with Crippen molar-refractivity contribution in [3.8, 4) is 0 Å². The van der Waals surface area contributed by atoms with Crippen LogP contribution in [-0.4, -0.2) is 30.9 Å². The second-order valence-electron chi connectivity index (χ2n) is 6.77. The van der Waals surface area contributed by atoms with Gasteiger partial charge in [-0.15, -0.1) is 0 Å². The van der Waals surface area contributed by atoms with Gasteiger partial charge in [-0.1, -0.05) is 56.3 Å². The second-order valence-corrected chi connectivity index (χ2v) is 6.77. The van der Waals surface area contributed by atoms with Crippen molar-refractivity contribution in [2.75, 3.05) is 18.5 Å². The zero-order valence-corrected chi connectivity index (χ0v) is 16.7. The normalized spacial score (nSPS) is 10.7. The molecule has 152 valence electrons. The number of nitrogens with one attached hydrogen (secondary N) is 2. The molecule has 0 aliphatic rings. The average molecular weight is 394 g/mol. The van der Waals surface area contributed by atoms with E-state index in [0.717, 1.165) is 5.56 Å². The van der Waals surface area contributed by atoms with Crippen LogP contribution in [0.3, 0.4) is 0 Å². The van der Waals surface area contributed by atoms with Crippen molar-refractivity contribution in [2.24, 2.45) is 0 Å². The molecular weight excluding hydrogens is 368 g/mol. The molecule has 0 spiro atoms. The number of hydrogen-bond donors (Lipinski definition) is 2. The Balaban J connectivity index is 1.63. The van der Waals surface area contributed by atoms with Gasteiger partial charge in [0.05, 0.1) is 6.42 Å². The predicted molar refractivity (Wildman–Crippen MR) is 113 cm³/mol. The summed E-state index contributed by atoms with van der Waals surface area (Å²) in [6.45, 7) is 3.95. The number of amides is 2. The molecule has 2 N–H and O–H groups in total. The van der Waals surface area contributed by atoms with Crippen LogP contribution < -0.4 is 10.6 Å². The fraction of sp³-hybridized carbons (Fsp3) is 0.261. The van der Waals surface area contributed by atoms with Crippen LogP contribution in [0.5, 0.6) is 0 Å². The van der Waals surface area contributed by atoms with E-state index in [1.807, 2.05) is 54.6 Å². The zero-order chi connectivity index (χ0) is 21.1. The molecule has 0 aliphatic heterocycles. The molecule has 2 amide bonds. The lowest BCUT2D eigenvalue weighted by molar-refractivity contribution is -0.147. The Morgan fingerprint density at radius 1 is 1.00 bits per heavy atom. The van der Waals surface area contributed by atoms with Gasteiger partial charge >= 0.3 is 5.97 Å². The number of anilines is 1. The first-order valence-corrected chi connectivity index (χ1v) is 9.50. The number of ether oxygens (including phenoxy) is 1. The summed E-state index contributed by atoms with van der Waals surface area (Å²) in [6, 6.07) is 16.9. The molecule has 6 nitrogen and oxygen atoms in total. The molecule has 29 heavy (non-hydrogen) atoms. The number of carbonyl (C=O) groups is 3. The van der Waals surface area contributed by atoms with Crippen molar-refractivity contribution in [3.05, 3.63) is 71.8 Å². The summed E-state index contributed by atoms with van der Waals surface area (Å²) in [6.07, 6.45) is 3.08. The Hall–Kier alpha value is -3.41. The summed E-state index contributed by atoms with van der Waals surface area (Å²) in [5.41, 5.74) is 2.73. The number of hydrogen-bond acceptors (Lipinski definition) is 4.